The van der Waals surface area contributed by atoms with Crippen molar-refractivity contribution < 1.29 is 19.0 Å². The van der Waals surface area contributed by atoms with E-state index in [1.165, 1.54) is 24.3 Å². The van der Waals surface area contributed by atoms with Gasteiger partial charge in [-0.05, 0) is 24.3 Å². The number of nitrogens with zero attached hydrogens (tertiary/aromatic N) is 1. The molecule has 7 nitrogen and oxygen atoms in total. The lowest BCUT2D eigenvalue weighted by molar-refractivity contribution is -0.886. The van der Waals surface area contributed by atoms with E-state index in [1.807, 2.05) is 13.1 Å². The van der Waals surface area contributed by atoms with E-state index >= 15 is 0 Å². The van der Waals surface area contributed by atoms with Gasteiger partial charge in [-0.3, -0.25) is 14.9 Å². The number of carbonyl (C=O) groups is 1. The van der Waals surface area contributed by atoms with Gasteiger partial charge in [-0.25, -0.2) is 0 Å². The van der Waals surface area contributed by atoms with E-state index in [0.29, 0.717) is 12.2 Å². The molecule has 0 radical (unpaired) electrons. The van der Waals surface area contributed by atoms with Gasteiger partial charge in [0.25, 0.3) is 11.6 Å². The third kappa shape index (κ3) is 4.43. The van der Waals surface area contributed by atoms with Crippen molar-refractivity contribution in [2.45, 2.75) is 6.54 Å². The number of nitro groups is 1. The van der Waals surface area contributed by atoms with Crippen molar-refractivity contribution >= 4 is 17.3 Å². The van der Waals surface area contributed by atoms with Crippen LogP contribution in [0.15, 0.2) is 47.1 Å². The molecule has 110 valence electrons. The number of nitrogens with one attached hydrogen (secondary N) is 2. The van der Waals surface area contributed by atoms with Crippen molar-refractivity contribution in [3.63, 3.8) is 0 Å². The molecule has 0 spiro atoms. The number of rotatable bonds is 6. The Labute approximate surface area is 121 Å². The highest BCUT2D eigenvalue weighted by Crippen LogP contribution is 2.14. The maximum atomic E-state index is 11.9. The summed E-state index contributed by atoms with van der Waals surface area (Å²) in [6.07, 6.45) is 1.60. The maximum absolute atomic E-state index is 11.9. The number of carbonyl (C=O) groups excluding carboxylic acids is 1. The molecule has 0 fully saturated rings. The number of amides is 1. The van der Waals surface area contributed by atoms with Crippen LogP contribution in [0.5, 0.6) is 0 Å². The summed E-state index contributed by atoms with van der Waals surface area (Å²) in [4.78, 5) is 22.9. The van der Waals surface area contributed by atoms with Gasteiger partial charge in [-0.2, -0.15) is 0 Å². The van der Waals surface area contributed by atoms with E-state index in [0.717, 1.165) is 10.7 Å². The maximum Gasteiger partial charge on any atom is 0.279 e. The van der Waals surface area contributed by atoms with Crippen molar-refractivity contribution in [3.05, 3.63) is 58.5 Å². The summed E-state index contributed by atoms with van der Waals surface area (Å²) in [5.41, 5.74) is 0.532. The zero-order valence-corrected chi connectivity index (χ0v) is 11.5. The number of non-ortho nitro benzene ring substituents is 1. The second-order valence-corrected chi connectivity index (χ2v) is 4.74. The molecule has 21 heavy (non-hydrogen) atoms. The summed E-state index contributed by atoms with van der Waals surface area (Å²) in [7, 11) is 1.89. The molecule has 1 amide bonds. The highest BCUT2D eigenvalue weighted by molar-refractivity contribution is 5.91. The van der Waals surface area contributed by atoms with Crippen molar-refractivity contribution in [2.24, 2.45) is 0 Å². The van der Waals surface area contributed by atoms with Gasteiger partial charge in [-0.15, -0.1) is 0 Å². The molecule has 0 aliphatic carbocycles. The molecule has 0 aliphatic rings. The Bertz CT molecular complexity index is 608. The van der Waals surface area contributed by atoms with E-state index in [-0.39, 0.29) is 18.1 Å². The average Bonchev–Trinajstić information content (AvgIpc) is 2.91. The molecule has 2 rings (SSSR count). The Kier molecular flexibility index (Phi) is 4.68. The minimum absolute atomic E-state index is 0.00596. The number of anilines is 1. The van der Waals surface area contributed by atoms with Crippen molar-refractivity contribution in [2.75, 3.05) is 18.9 Å². The topological polar surface area (TPSA) is 89.8 Å². The molecule has 1 aromatic carbocycles. The van der Waals surface area contributed by atoms with Gasteiger partial charge in [0.1, 0.15) is 6.54 Å². The molecule has 1 aromatic heterocycles. The molecule has 2 N–H and O–H groups in total. The number of hydrogen-bond acceptors (Lipinski definition) is 4. The average molecular weight is 290 g/mol. The lowest BCUT2D eigenvalue weighted by atomic mass is 10.3. The smallest absolute Gasteiger partial charge is 0.279 e. The molecule has 0 bridgehead atoms. The Hall–Kier alpha value is -2.67. The second-order valence-electron chi connectivity index (χ2n) is 4.74. The summed E-state index contributed by atoms with van der Waals surface area (Å²) < 4.78 is 5.22. The number of benzene rings is 1. The van der Waals surface area contributed by atoms with Crippen LogP contribution in [0.25, 0.3) is 0 Å². The molecule has 7 heteroatoms. The monoisotopic (exact) mass is 290 g/mol. The van der Waals surface area contributed by atoms with Crippen LogP contribution >= 0.6 is 0 Å². The molecule has 0 saturated carbocycles. The number of quaternary nitrogens is 1. The van der Waals surface area contributed by atoms with Gasteiger partial charge in [0, 0.05) is 17.8 Å². The summed E-state index contributed by atoms with van der Waals surface area (Å²) in [5, 5.41) is 13.2. The predicted molar refractivity (Wildman–Crippen MR) is 75.9 cm³/mol. The lowest BCUT2D eigenvalue weighted by Gasteiger charge is -2.12. The third-order valence-electron chi connectivity index (χ3n) is 2.88. The van der Waals surface area contributed by atoms with Gasteiger partial charge in [0.15, 0.2) is 12.3 Å². The van der Waals surface area contributed by atoms with Crippen LogP contribution in [0.4, 0.5) is 11.4 Å². The Balaban J connectivity index is 1.84. The predicted octanol–water partition coefficient (Wildman–Crippen LogP) is 0.841. The fourth-order valence-electron chi connectivity index (χ4n) is 1.92. The molecule has 1 atom stereocenters. The van der Waals surface area contributed by atoms with E-state index < -0.39 is 4.92 Å². The Morgan fingerprint density at radius 2 is 2.05 bits per heavy atom. The van der Waals surface area contributed by atoms with Crippen LogP contribution in [0, 0.1) is 10.1 Å². The van der Waals surface area contributed by atoms with Gasteiger partial charge < -0.3 is 14.6 Å². The first-order chi connectivity index (χ1) is 10.0. The van der Waals surface area contributed by atoms with Gasteiger partial charge in [-0.1, -0.05) is 0 Å². The van der Waals surface area contributed by atoms with Crippen molar-refractivity contribution in [3.8, 4) is 0 Å². The first kappa shape index (κ1) is 14.7. The quantitative estimate of drug-likeness (QED) is 0.609. The summed E-state index contributed by atoms with van der Waals surface area (Å²) in [5.74, 6) is 0.656. The van der Waals surface area contributed by atoms with Crippen LogP contribution in [0.2, 0.25) is 0 Å². The molecule has 0 aliphatic heterocycles. The van der Waals surface area contributed by atoms with Crippen LogP contribution < -0.4 is 10.2 Å². The van der Waals surface area contributed by atoms with Gasteiger partial charge in [0.05, 0.1) is 18.2 Å². The molecular formula is C14H16N3O4+. The number of nitro benzene ring substituents is 1. The van der Waals surface area contributed by atoms with Gasteiger partial charge >= 0.3 is 0 Å². The van der Waals surface area contributed by atoms with Crippen LogP contribution in [0.1, 0.15) is 5.76 Å². The highest BCUT2D eigenvalue weighted by atomic mass is 16.6. The van der Waals surface area contributed by atoms with Crippen LogP contribution in [-0.2, 0) is 11.3 Å². The molecule has 0 saturated heterocycles. The summed E-state index contributed by atoms with van der Waals surface area (Å²) in [6.45, 7) is 0.887. The molecule has 1 heterocycles. The van der Waals surface area contributed by atoms with Crippen molar-refractivity contribution in [1.82, 2.24) is 0 Å². The standard InChI is InChI=1S/C14H15N3O4/c1-16(9-13-3-2-8-21-13)10-14(18)15-11-4-6-12(7-5-11)17(19)20/h2-8H,9-10H2,1H3,(H,15,18)/p+1. The van der Waals surface area contributed by atoms with Crippen molar-refractivity contribution in [1.29, 1.82) is 0 Å². The summed E-state index contributed by atoms with van der Waals surface area (Å²) in [6, 6.07) is 9.40. The Morgan fingerprint density at radius 1 is 1.33 bits per heavy atom. The van der Waals surface area contributed by atoms with Crippen LogP contribution in [0.3, 0.4) is 0 Å². The zero-order valence-electron chi connectivity index (χ0n) is 11.5. The number of furan rings is 1. The second kappa shape index (κ2) is 6.67. The van der Waals surface area contributed by atoms with E-state index in [9.17, 15) is 14.9 Å². The zero-order chi connectivity index (χ0) is 15.2. The Morgan fingerprint density at radius 3 is 2.62 bits per heavy atom. The fraction of sp³-hybridized carbons (Fsp3) is 0.214. The van der Waals surface area contributed by atoms with E-state index in [1.54, 1.807) is 12.3 Å². The SMILES string of the molecule is C[NH+](CC(=O)Nc1ccc([N+](=O)[O-])cc1)Cc1ccco1. The molecule has 2 aromatic rings. The minimum atomic E-state index is -0.479. The van der Waals surface area contributed by atoms with Gasteiger partial charge in [0.2, 0.25) is 0 Å². The lowest BCUT2D eigenvalue weighted by Crippen LogP contribution is -3.08. The van der Waals surface area contributed by atoms with Crippen LogP contribution in [-0.4, -0.2) is 24.4 Å². The first-order valence-corrected chi connectivity index (χ1v) is 6.42. The molecule has 1 unspecified atom stereocenters. The third-order valence-corrected chi connectivity index (χ3v) is 2.88. The largest absolute Gasteiger partial charge is 0.463 e. The summed E-state index contributed by atoms with van der Waals surface area (Å²) >= 11 is 0. The number of likely N-dealkylation sites (N-methyl/N-ethyl adjacent to an activating group) is 1. The molecular weight excluding hydrogens is 274 g/mol. The van der Waals surface area contributed by atoms with E-state index in [2.05, 4.69) is 5.32 Å². The van der Waals surface area contributed by atoms with E-state index in [4.69, 9.17) is 4.42 Å². The number of hydrogen-bond donors (Lipinski definition) is 2. The fourth-order valence-corrected chi connectivity index (χ4v) is 1.92. The highest BCUT2D eigenvalue weighted by Gasteiger charge is 2.12. The normalized spacial score (nSPS) is 11.9. The first-order valence-electron chi connectivity index (χ1n) is 6.42. The minimum Gasteiger partial charge on any atom is -0.463 e.